The summed E-state index contributed by atoms with van der Waals surface area (Å²) in [6, 6.07) is 7.60. The Morgan fingerprint density at radius 2 is 2.00 bits per heavy atom. The smallest absolute Gasteiger partial charge is 0.315 e. The zero-order chi connectivity index (χ0) is 19.3. The van der Waals surface area contributed by atoms with E-state index in [2.05, 4.69) is 41.8 Å². The maximum Gasteiger partial charge on any atom is 0.315 e. The fourth-order valence-electron chi connectivity index (χ4n) is 2.56. The lowest BCUT2D eigenvalue weighted by Gasteiger charge is -2.18. The predicted molar refractivity (Wildman–Crippen MR) is 107 cm³/mol. The molecule has 1 aromatic heterocycles. The third kappa shape index (κ3) is 5.73. The lowest BCUT2D eigenvalue weighted by atomic mass is 9.93. The molecule has 2 rings (SSSR count). The van der Waals surface area contributed by atoms with Crippen molar-refractivity contribution in [2.75, 3.05) is 7.11 Å². The first-order valence-electron chi connectivity index (χ1n) is 8.85. The van der Waals surface area contributed by atoms with E-state index in [4.69, 9.17) is 4.74 Å². The van der Waals surface area contributed by atoms with Crippen molar-refractivity contribution in [1.82, 2.24) is 15.6 Å². The summed E-state index contributed by atoms with van der Waals surface area (Å²) in [6.07, 6.45) is 0.741. The van der Waals surface area contributed by atoms with Gasteiger partial charge in [0.05, 0.1) is 18.8 Å². The number of nitrogens with one attached hydrogen (secondary N) is 2. The summed E-state index contributed by atoms with van der Waals surface area (Å²) in [6.45, 7) is 10.4. The van der Waals surface area contributed by atoms with Gasteiger partial charge in [-0.15, -0.1) is 11.3 Å². The van der Waals surface area contributed by atoms with Crippen molar-refractivity contribution in [2.45, 2.75) is 58.5 Å². The maximum atomic E-state index is 12.3. The van der Waals surface area contributed by atoms with Crippen molar-refractivity contribution in [3.8, 4) is 5.75 Å². The second kappa shape index (κ2) is 8.54. The van der Waals surface area contributed by atoms with Gasteiger partial charge < -0.3 is 15.4 Å². The normalized spacial score (nSPS) is 13.8. The van der Waals surface area contributed by atoms with Crippen molar-refractivity contribution in [3.05, 3.63) is 45.9 Å². The summed E-state index contributed by atoms with van der Waals surface area (Å²) < 4.78 is 5.24. The van der Waals surface area contributed by atoms with Gasteiger partial charge in [-0.05, 0) is 38.0 Å². The number of carbonyl (C=O) groups is 1. The van der Waals surface area contributed by atoms with Crippen LogP contribution in [-0.4, -0.2) is 24.2 Å². The van der Waals surface area contributed by atoms with Gasteiger partial charge in [-0.2, -0.15) is 0 Å². The minimum Gasteiger partial charge on any atom is -0.497 e. The Morgan fingerprint density at radius 3 is 2.62 bits per heavy atom. The number of methoxy groups -OCH3 is 1. The van der Waals surface area contributed by atoms with E-state index in [1.54, 1.807) is 18.4 Å². The summed E-state index contributed by atoms with van der Waals surface area (Å²) >= 11 is 1.58. The molecule has 0 saturated heterocycles. The van der Waals surface area contributed by atoms with Crippen LogP contribution in [0.4, 0.5) is 4.79 Å². The maximum absolute atomic E-state index is 12.3. The van der Waals surface area contributed by atoms with Gasteiger partial charge in [0.15, 0.2) is 0 Å². The van der Waals surface area contributed by atoms with Gasteiger partial charge in [0, 0.05) is 16.8 Å². The van der Waals surface area contributed by atoms with E-state index in [0.717, 1.165) is 28.4 Å². The standard InChI is InChI=1S/C20H29N3O2S/c1-13(10-15-8-7-9-16(11-15)25-6)21-19(24)22-14(2)18-23-17(12-26-18)20(3,4)5/h7-9,11-14H,10H2,1-6H3,(H2,21,22,24). The molecule has 2 unspecified atom stereocenters. The molecular weight excluding hydrogens is 346 g/mol. The molecule has 0 fully saturated rings. The number of rotatable bonds is 6. The highest BCUT2D eigenvalue weighted by atomic mass is 32.1. The van der Waals surface area contributed by atoms with Crippen LogP contribution in [0, 0.1) is 0 Å². The van der Waals surface area contributed by atoms with Crippen molar-refractivity contribution in [1.29, 1.82) is 0 Å². The van der Waals surface area contributed by atoms with Crippen LogP contribution in [0.15, 0.2) is 29.6 Å². The van der Waals surface area contributed by atoms with Gasteiger partial charge in [0.25, 0.3) is 0 Å². The molecule has 142 valence electrons. The topological polar surface area (TPSA) is 63.2 Å². The summed E-state index contributed by atoms with van der Waals surface area (Å²) in [4.78, 5) is 16.9. The number of amides is 2. The summed E-state index contributed by atoms with van der Waals surface area (Å²) in [7, 11) is 1.65. The zero-order valence-electron chi connectivity index (χ0n) is 16.4. The molecule has 2 aromatic rings. The van der Waals surface area contributed by atoms with Gasteiger partial charge in [-0.1, -0.05) is 32.9 Å². The molecule has 0 aliphatic rings. The molecule has 0 bridgehead atoms. The molecular formula is C20H29N3O2S. The monoisotopic (exact) mass is 375 g/mol. The third-order valence-corrected chi connectivity index (χ3v) is 5.09. The fraction of sp³-hybridized carbons (Fsp3) is 0.500. The molecule has 5 nitrogen and oxygen atoms in total. The Hall–Kier alpha value is -2.08. The largest absolute Gasteiger partial charge is 0.497 e. The highest BCUT2D eigenvalue weighted by Crippen LogP contribution is 2.26. The van der Waals surface area contributed by atoms with Crippen LogP contribution >= 0.6 is 11.3 Å². The van der Waals surface area contributed by atoms with Gasteiger partial charge in [-0.25, -0.2) is 9.78 Å². The highest BCUT2D eigenvalue weighted by molar-refractivity contribution is 7.09. The third-order valence-electron chi connectivity index (χ3n) is 4.06. The zero-order valence-corrected chi connectivity index (χ0v) is 17.2. The summed E-state index contributed by atoms with van der Waals surface area (Å²) in [5.74, 6) is 0.825. The van der Waals surface area contributed by atoms with E-state index in [-0.39, 0.29) is 23.5 Å². The van der Waals surface area contributed by atoms with E-state index in [0.29, 0.717) is 0 Å². The minimum atomic E-state index is -0.180. The van der Waals surface area contributed by atoms with E-state index >= 15 is 0 Å². The Morgan fingerprint density at radius 1 is 1.27 bits per heavy atom. The van der Waals surface area contributed by atoms with E-state index < -0.39 is 0 Å². The van der Waals surface area contributed by atoms with Crippen molar-refractivity contribution < 1.29 is 9.53 Å². The lowest BCUT2D eigenvalue weighted by molar-refractivity contribution is 0.234. The summed E-state index contributed by atoms with van der Waals surface area (Å²) in [5, 5.41) is 8.95. The Labute approximate surface area is 160 Å². The summed E-state index contributed by atoms with van der Waals surface area (Å²) in [5.41, 5.74) is 2.19. The number of nitrogens with zero attached hydrogens (tertiary/aromatic N) is 1. The van der Waals surface area contributed by atoms with Crippen molar-refractivity contribution >= 4 is 17.4 Å². The molecule has 0 aliphatic heterocycles. The molecule has 0 radical (unpaired) electrons. The fourth-order valence-corrected chi connectivity index (χ4v) is 3.61. The molecule has 0 spiro atoms. The number of thiazole rings is 1. The number of carbonyl (C=O) groups excluding carboxylic acids is 1. The van der Waals surface area contributed by atoms with E-state index in [1.165, 1.54) is 0 Å². The number of hydrogen-bond donors (Lipinski definition) is 2. The molecule has 1 heterocycles. The van der Waals surface area contributed by atoms with E-state index in [9.17, 15) is 4.79 Å². The van der Waals surface area contributed by atoms with E-state index in [1.807, 2.05) is 38.1 Å². The lowest BCUT2D eigenvalue weighted by Crippen LogP contribution is -2.42. The number of aromatic nitrogens is 1. The van der Waals surface area contributed by atoms with Crippen molar-refractivity contribution in [2.24, 2.45) is 0 Å². The van der Waals surface area contributed by atoms with Gasteiger partial charge in [-0.3, -0.25) is 0 Å². The van der Waals surface area contributed by atoms with Crippen LogP contribution in [0.5, 0.6) is 5.75 Å². The molecule has 0 aliphatic carbocycles. The second-order valence-corrected chi connectivity index (χ2v) is 8.51. The highest BCUT2D eigenvalue weighted by Gasteiger charge is 2.20. The van der Waals surface area contributed by atoms with Gasteiger partial charge in [0.2, 0.25) is 0 Å². The number of urea groups is 1. The quantitative estimate of drug-likeness (QED) is 0.784. The molecule has 1 aromatic carbocycles. The molecule has 2 atom stereocenters. The van der Waals surface area contributed by atoms with Crippen LogP contribution in [-0.2, 0) is 11.8 Å². The van der Waals surface area contributed by atoms with Crippen LogP contribution in [0.3, 0.4) is 0 Å². The average molecular weight is 376 g/mol. The molecule has 26 heavy (non-hydrogen) atoms. The Bertz CT molecular complexity index is 737. The second-order valence-electron chi connectivity index (χ2n) is 7.62. The Balaban J connectivity index is 1.88. The van der Waals surface area contributed by atoms with Gasteiger partial charge in [0.1, 0.15) is 10.8 Å². The molecule has 2 amide bonds. The van der Waals surface area contributed by atoms with Crippen LogP contribution < -0.4 is 15.4 Å². The molecule has 2 N–H and O–H groups in total. The predicted octanol–water partition coefficient (Wildman–Crippen LogP) is 4.44. The molecule has 6 heteroatoms. The molecule has 0 saturated carbocycles. The average Bonchev–Trinajstić information content (AvgIpc) is 3.05. The van der Waals surface area contributed by atoms with Crippen LogP contribution in [0.25, 0.3) is 0 Å². The van der Waals surface area contributed by atoms with Crippen molar-refractivity contribution in [3.63, 3.8) is 0 Å². The number of hydrogen-bond acceptors (Lipinski definition) is 4. The first kappa shape index (κ1) is 20.2. The van der Waals surface area contributed by atoms with Crippen LogP contribution in [0.1, 0.15) is 56.9 Å². The first-order chi connectivity index (χ1) is 12.2. The van der Waals surface area contributed by atoms with Crippen LogP contribution in [0.2, 0.25) is 0 Å². The Kier molecular flexibility index (Phi) is 6.64. The number of ether oxygens (including phenoxy) is 1. The minimum absolute atomic E-state index is 0.00994. The SMILES string of the molecule is COc1cccc(CC(C)NC(=O)NC(C)c2nc(C(C)(C)C)cs2)c1. The first-order valence-corrected chi connectivity index (χ1v) is 9.73. The number of benzene rings is 1. The van der Waals surface area contributed by atoms with Gasteiger partial charge >= 0.3 is 6.03 Å².